The topological polar surface area (TPSA) is 29.3 Å². The van der Waals surface area contributed by atoms with Crippen LogP contribution in [0.3, 0.4) is 0 Å². The second-order valence-electron chi connectivity index (χ2n) is 5.40. The van der Waals surface area contributed by atoms with Crippen LogP contribution >= 0.6 is 0 Å². The van der Waals surface area contributed by atoms with E-state index in [-0.39, 0.29) is 0 Å². The average molecular weight is 268 g/mol. The van der Waals surface area contributed by atoms with Crippen molar-refractivity contribution >= 4 is 5.69 Å². The first-order valence-corrected chi connectivity index (χ1v) is 7.30. The van der Waals surface area contributed by atoms with Gasteiger partial charge in [0.15, 0.2) is 0 Å². The number of hydrogen-bond acceptors (Lipinski definition) is 2. The third kappa shape index (κ3) is 4.10. The third-order valence-corrected chi connectivity index (χ3v) is 3.52. The third-order valence-electron chi connectivity index (χ3n) is 3.52. The minimum absolute atomic E-state index is 0.887. The summed E-state index contributed by atoms with van der Waals surface area (Å²) < 4.78 is 0. The molecule has 106 valence electrons. The minimum Gasteiger partial charge on any atom is -0.398 e. The second kappa shape index (κ2) is 7.11. The Morgan fingerprint density at radius 3 is 2.30 bits per heavy atom. The average Bonchev–Trinajstić information content (AvgIpc) is 2.44. The highest BCUT2D eigenvalue weighted by atomic mass is 15.1. The number of benzene rings is 2. The fourth-order valence-corrected chi connectivity index (χ4v) is 2.40. The molecule has 0 aliphatic carbocycles. The first-order valence-electron chi connectivity index (χ1n) is 7.30. The summed E-state index contributed by atoms with van der Waals surface area (Å²) in [6.45, 7) is 7.31. The molecule has 0 saturated carbocycles. The maximum Gasteiger partial charge on any atom is 0.0359 e. The Kier molecular flexibility index (Phi) is 5.19. The monoisotopic (exact) mass is 268 g/mol. The zero-order valence-corrected chi connectivity index (χ0v) is 12.5. The molecule has 0 atom stereocenters. The predicted molar refractivity (Wildman–Crippen MR) is 86.4 cm³/mol. The number of hydrogen-bond donors (Lipinski definition) is 1. The predicted octanol–water partition coefficient (Wildman–Crippen LogP) is 3.99. The fourth-order valence-electron chi connectivity index (χ4n) is 2.40. The normalized spacial score (nSPS) is 10.9. The number of nitrogens with zero attached hydrogens (tertiary/aromatic N) is 1. The molecule has 0 aromatic heterocycles. The summed E-state index contributed by atoms with van der Waals surface area (Å²) in [4.78, 5) is 2.45. The van der Waals surface area contributed by atoms with E-state index >= 15 is 0 Å². The summed E-state index contributed by atoms with van der Waals surface area (Å²) in [7, 11) is 0. The van der Waals surface area contributed by atoms with E-state index in [2.05, 4.69) is 55.1 Å². The fraction of sp³-hybridized carbons (Fsp3) is 0.333. The molecular weight excluding hydrogens is 244 g/mol. The minimum atomic E-state index is 0.887. The Morgan fingerprint density at radius 1 is 0.950 bits per heavy atom. The molecule has 2 rings (SSSR count). The van der Waals surface area contributed by atoms with E-state index in [1.54, 1.807) is 0 Å². The number of para-hydroxylation sites is 1. The quantitative estimate of drug-likeness (QED) is 0.803. The smallest absolute Gasteiger partial charge is 0.0359 e. The van der Waals surface area contributed by atoms with Crippen LogP contribution in [0.25, 0.3) is 0 Å². The van der Waals surface area contributed by atoms with Crippen LogP contribution in [-0.4, -0.2) is 11.4 Å². The summed E-state index contributed by atoms with van der Waals surface area (Å²) in [5, 5.41) is 0. The first-order chi connectivity index (χ1) is 9.69. The Bertz CT molecular complexity index is 531. The van der Waals surface area contributed by atoms with Crippen molar-refractivity contribution in [2.75, 3.05) is 12.3 Å². The van der Waals surface area contributed by atoms with E-state index < -0.39 is 0 Å². The van der Waals surface area contributed by atoms with Gasteiger partial charge in [0.05, 0.1) is 0 Å². The highest BCUT2D eigenvalue weighted by Crippen LogP contribution is 2.16. The zero-order chi connectivity index (χ0) is 14.4. The summed E-state index contributed by atoms with van der Waals surface area (Å²) in [5.74, 6) is 0. The molecule has 0 aliphatic heterocycles. The van der Waals surface area contributed by atoms with Gasteiger partial charge in [-0.05, 0) is 37.1 Å². The number of rotatable bonds is 6. The molecule has 0 radical (unpaired) electrons. The van der Waals surface area contributed by atoms with Crippen molar-refractivity contribution in [3.63, 3.8) is 0 Å². The van der Waals surface area contributed by atoms with Crippen LogP contribution in [0.15, 0.2) is 48.5 Å². The van der Waals surface area contributed by atoms with Gasteiger partial charge in [0, 0.05) is 18.8 Å². The van der Waals surface area contributed by atoms with Crippen molar-refractivity contribution < 1.29 is 0 Å². The maximum absolute atomic E-state index is 6.05. The molecule has 2 heteroatoms. The molecule has 20 heavy (non-hydrogen) atoms. The van der Waals surface area contributed by atoms with Gasteiger partial charge in [-0.25, -0.2) is 0 Å². The number of anilines is 1. The highest BCUT2D eigenvalue weighted by molar-refractivity contribution is 5.46. The van der Waals surface area contributed by atoms with Gasteiger partial charge in [0.1, 0.15) is 0 Å². The van der Waals surface area contributed by atoms with Crippen LogP contribution < -0.4 is 5.73 Å². The Labute approximate surface area is 122 Å². The van der Waals surface area contributed by atoms with Crippen molar-refractivity contribution in [2.45, 2.75) is 33.4 Å². The Morgan fingerprint density at radius 2 is 1.65 bits per heavy atom. The molecule has 0 spiro atoms. The summed E-state index contributed by atoms with van der Waals surface area (Å²) in [6.07, 6.45) is 1.15. The van der Waals surface area contributed by atoms with Gasteiger partial charge in [0.2, 0.25) is 0 Å². The second-order valence-corrected chi connectivity index (χ2v) is 5.40. The summed E-state index contributed by atoms with van der Waals surface area (Å²) in [5.41, 5.74) is 10.8. The van der Waals surface area contributed by atoms with Gasteiger partial charge in [-0.3, -0.25) is 4.90 Å². The first kappa shape index (κ1) is 14.6. The van der Waals surface area contributed by atoms with Crippen molar-refractivity contribution in [3.8, 4) is 0 Å². The van der Waals surface area contributed by atoms with Crippen molar-refractivity contribution in [3.05, 3.63) is 65.2 Å². The van der Waals surface area contributed by atoms with Gasteiger partial charge in [0.25, 0.3) is 0 Å². The van der Waals surface area contributed by atoms with Crippen LogP contribution in [0.1, 0.15) is 30.0 Å². The van der Waals surface area contributed by atoms with Crippen molar-refractivity contribution in [1.29, 1.82) is 0 Å². The Balaban J connectivity index is 2.07. The standard InChI is InChI=1S/C18H24N2/c1-3-12-20(13-16-10-8-15(2)9-11-16)14-17-6-4-5-7-18(17)19/h4-11H,3,12-14,19H2,1-2H3. The number of nitrogen functional groups attached to an aromatic ring is 1. The molecule has 2 aromatic rings. The molecule has 0 aliphatic rings. The van der Waals surface area contributed by atoms with Crippen LogP contribution in [0.2, 0.25) is 0 Å². The lowest BCUT2D eigenvalue weighted by Crippen LogP contribution is -2.24. The lowest BCUT2D eigenvalue weighted by Gasteiger charge is -2.22. The molecule has 0 bridgehead atoms. The van der Waals surface area contributed by atoms with E-state index in [1.165, 1.54) is 16.7 Å². The molecule has 0 unspecified atom stereocenters. The van der Waals surface area contributed by atoms with E-state index in [9.17, 15) is 0 Å². The van der Waals surface area contributed by atoms with Crippen molar-refractivity contribution in [1.82, 2.24) is 4.90 Å². The largest absolute Gasteiger partial charge is 0.398 e. The van der Waals surface area contributed by atoms with E-state index in [4.69, 9.17) is 5.73 Å². The van der Waals surface area contributed by atoms with Crippen molar-refractivity contribution in [2.24, 2.45) is 0 Å². The van der Waals surface area contributed by atoms with Crippen LogP contribution in [0.4, 0.5) is 5.69 Å². The molecule has 0 amide bonds. The number of nitrogens with two attached hydrogens (primary N) is 1. The Hall–Kier alpha value is -1.80. The van der Waals surface area contributed by atoms with Crippen LogP contribution in [-0.2, 0) is 13.1 Å². The molecule has 2 aromatic carbocycles. The van der Waals surface area contributed by atoms with Gasteiger partial charge in [-0.2, -0.15) is 0 Å². The van der Waals surface area contributed by atoms with Crippen LogP contribution in [0, 0.1) is 6.92 Å². The zero-order valence-electron chi connectivity index (χ0n) is 12.5. The lowest BCUT2D eigenvalue weighted by atomic mass is 10.1. The van der Waals surface area contributed by atoms with Crippen LogP contribution in [0.5, 0.6) is 0 Å². The van der Waals surface area contributed by atoms with Gasteiger partial charge >= 0.3 is 0 Å². The van der Waals surface area contributed by atoms with E-state index in [0.717, 1.165) is 31.7 Å². The highest BCUT2D eigenvalue weighted by Gasteiger charge is 2.08. The molecule has 0 saturated heterocycles. The maximum atomic E-state index is 6.05. The van der Waals surface area contributed by atoms with Gasteiger partial charge < -0.3 is 5.73 Å². The lowest BCUT2D eigenvalue weighted by molar-refractivity contribution is 0.258. The SMILES string of the molecule is CCCN(Cc1ccc(C)cc1)Cc1ccccc1N. The number of aryl methyl sites for hydroxylation is 1. The van der Waals surface area contributed by atoms with E-state index in [1.807, 2.05) is 12.1 Å². The molecule has 2 N–H and O–H groups in total. The molecule has 0 fully saturated rings. The molecule has 0 heterocycles. The van der Waals surface area contributed by atoms with E-state index in [0.29, 0.717) is 0 Å². The van der Waals surface area contributed by atoms with Gasteiger partial charge in [-0.1, -0.05) is 55.0 Å². The molecular formula is C18H24N2. The summed E-state index contributed by atoms with van der Waals surface area (Å²) >= 11 is 0. The van der Waals surface area contributed by atoms with Gasteiger partial charge in [-0.15, -0.1) is 0 Å². The molecule has 2 nitrogen and oxygen atoms in total. The summed E-state index contributed by atoms with van der Waals surface area (Å²) in [6, 6.07) is 16.9.